The Hall–Kier alpha value is -1.88. The lowest BCUT2D eigenvalue weighted by atomic mass is 9.97. The molecule has 4 nitrogen and oxygen atoms in total. The zero-order chi connectivity index (χ0) is 18.6. The number of allylic oxidation sites excluding steroid dienone is 1. The second kappa shape index (κ2) is 8.42. The predicted octanol–water partition coefficient (Wildman–Crippen LogP) is 5.15. The molecule has 0 unspecified atom stereocenters. The highest BCUT2D eigenvalue weighted by atomic mass is 32.1. The number of fused-ring (bicyclic) bond motifs is 1. The van der Waals surface area contributed by atoms with Crippen LogP contribution in [0.5, 0.6) is 0 Å². The largest absolute Gasteiger partial charge is 0.352 e. The average molecular weight is 384 g/mol. The molecule has 0 spiro atoms. The maximum Gasteiger partial charge on any atom is 0.251 e. The molecule has 1 saturated heterocycles. The van der Waals surface area contributed by atoms with Gasteiger partial charge in [-0.25, -0.2) is 4.98 Å². The van der Waals surface area contributed by atoms with Crippen LogP contribution in [-0.4, -0.2) is 30.5 Å². The van der Waals surface area contributed by atoms with Crippen LogP contribution in [0.1, 0.15) is 62.2 Å². The van der Waals surface area contributed by atoms with Crippen LogP contribution in [0.25, 0.3) is 10.2 Å². The molecule has 2 aromatic rings. The van der Waals surface area contributed by atoms with Crippen LogP contribution in [0.15, 0.2) is 29.8 Å². The molecular formula is C22H29N3OS. The van der Waals surface area contributed by atoms with E-state index in [0.29, 0.717) is 0 Å². The van der Waals surface area contributed by atoms with Crippen molar-refractivity contribution in [3.05, 3.63) is 35.4 Å². The Labute approximate surface area is 165 Å². The van der Waals surface area contributed by atoms with Gasteiger partial charge in [-0.1, -0.05) is 29.9 Å². The molecule has 4 rings (SSSR count). The summed E-state index contributed by atoms with van der Waals surface area (Å²) in [6.07, 6.45) is 10.8. The number of benzene rings is 1. The number of thiazole rings is 1. The van der Waals surface area contributed by atoms with Crippen molar-refractivity contribution in [3.8, 4) is 0 Å². The smallest absolute Gasteiger partial charge is 0.251 e. The zero-order valence-electron chi connectivity index (χ0n) is 16.2. The molecule has 0 atom stereocenters. The van der Waals surface area contributed by atoms with Crippen LogP contribution in [0.4, 0.5) is 5.13 Å². The molecular weight excluding hydrogens is 354 g/mol. The minimum Gasteiger partial charge on any atom is -0.352 e. The quantitative estimate of drug-likeness (QED) is 0.726. The van der Waals surface area contributed by atoms with E-state index in [1.54, 1.807) is 11.3 Å². The summed E-state index contributed by atoms with van der Waals surface area (Å²) in [6.45, 7) is 5.22. The lowest BCUT2D eigenvalue weighted by Crippen LogP contribution is -2.32. The topological polar surface area (TPSA) is 45.2 Å². The van der Waals surface area contributed by atoms with E-state index in [0.717, 1.165) is 52.9 Å². The molecule has 1 aliphatic carbocycles. The number of nitrogens with zero attached hydrogens (tertiary/aromatic N) is 2. The van der Waals surface area contributed by atoms with Crippen LogP contribution in [-0.2, 0) is 0 Å². The summed E-state index contributed by atoms with van der Waals surface area (Å²) in [7, 11) is 0. The van der Waals surface area contributed by atoms with Crippen molar-refractivity contribution in [3.63, 3.8) is 0 Å². The van der Waals surface area contributed by atoms with E-state index in [-0.39, 0.29) is 5.91 Å². The molecule has 1 amide bonds. The third-order valence-electron chi connectivity index (χ3n) is 5.81. The SMILES string of the molecule is CC1CCN(c2nc3ccc(C(=O)NCCC4=CCCCC4)cc3s2)CC1. The van der Waals surface area contributed by atoms with Gasteiger partial charge in [-0.3, -0.25) is 4.79 Å². The van der Waals surface area contributed by atoms with E-state index in [2.05, 4.69) is 23.2 Å². The molecule has 144 valence electrons. The molecule has 5 heteroatoms. The summed E-state index contributed by atoms with van der Waals surface area (Å²) in [5, 5.41) is 4.18. The number of nitrogens with one attached hydrogen (secondary N) is 1. The van der Waals surface area contributed by atoms with Crippen LogP contribution in [0, 0.1) is 5.92 Å². The van der Waals surface area contributed by atoms with E-state index in [1.165, 1.54) is 44.1 Å². The molecule has 2 heterocycles. The molecule has 1 N–H and O–H groups in total. The van der Waals surface area contributed by atoms with Gasteiger partial charge in [0.2, 0.25) is 0 Å². The van der Waals surface area contributed by atoms with Gasteiger partial charge in [0.05, 0.1) is 10.2 Å². The summed E-state index contributed by atoms with van der Waals surface area (Å²) in [5.74, 6) is 0.838. The molecule has 2 aliphatic rings. The molecule has 0 radical (unpaired) electrons. The van der Waals surface area contributed by atoms with Crippen molar-refractivity contribution >= 4 is 32.6 Å². The molecule has 1 aliphatic heterocycles. The predicted molar refractivity (Wildman–Crippen MR) is 114 cm³/mol. The van der Waals surface area contributed by atoms with Gasteiger partial charge in [0.15, 0.2) is 5.13 Å². The monoisotopic (exact) mass is 383 g/mol. The Balaban J connectivity index is 1.38. The summed E-state index contributed by atoms with van der Waals surface area (Å²) < 4.78 is 1.10. The normalized spacial score (nSPS) is 18.6. The summed E-state index contributed by atoms with van der Waals surface area (Å²) in [5.41, 5.74) is 3.24. The first-order valence-corrected chi connectivity index (χ1v) is 11.1. The Bertz CT molecular complexity index is 833. The first-order valence-electron chi connectivity index (χ1n) is 10.3. The Kier molecular flexibility index (Phi) is 5.77. The molecule has 1 fully saturated rings. The number of carbonyl (C=O) groups is 1. The highest BCUT2D eigenvalue weighted by Crippen LogP contribution is 2.32. The summed E-state index contributed by atoms with van der Waals surface area (Å²) in [4.78, 5) is 19.7. The number of anilines is 1. The van der Waals surface area contributed by atoms with Crippen LogP contribution in [0.2, 0.25) is 0 Å². The van der Waals surface area contributed by atoms with Crippen molar-refractivity contribution in [1.29, 1.82) is 0 Å². The van der Waals surface area contributed by atoms with E-state index in [1.807, 2.05) is 18.2 Å². The van der Waals surface area contributed by atoms with Gasteiger partial charge in [-0.05, 0) is 69.1 Å². The number of aromatic nitrogens is 1. The molecule has 0 saturated carbocycles. The lowest BCUT2D eigenvalue weighted by molar-refractivity contribution is 0.0954. The molecule has 0 bridgehead atoms. The van der Waals surface area contributed by atoms with Gasteiger partial charge >= 0.3 is 0 Å². The second-order valence-electron chi connectivity index (χ2n) is 7.96. The van der Waals surface area contributed by atoms with E-state index < -0.39 is 0 Å². The Morgan fingerprint density at radius 1 is 1.30 bits per heavy atom. The fourth-order valence-electron chi connectivity index (χ4n) is 3.96. The number of amides is 1. The zero-order valence-corrected chi connectivity index (χ0v) is 17.0. The van der Waals surface area contributed by atoms with E-state index >= 15 is 0 Å². The van der Waals surface area contributed by atoms with Gasteiger partial charge in [0, 0.05) is 25.2 Å². The summed E-state index contributed by atoms with van der Waals surface area (Å²) in [6, 6.07) is 5.89. The fraction of sp³-hybridized carbons (Fsp3) is 0.545. The molecule has 1 aromatic heterocycles. The van der Waals surface area contributed by atoms with Gasteiger partial charge in [0.1, 0.15) is 0 Å². The third-order valence-corrected chi connectivity index (χ3v) is 6.89. The maximum atomic E-state index is 12.5. The van der Waals surface area contributed by atoms with Crippen molar-refractivity contribution in [2.75, 3.05) is 24.5 Å². The standard InChI is InChI=1S/C22H29N3OS/c1-16-10-13-25(14-11-16)22-24-19-8-7-18(15-20(19)27-22)21(26)23-12-9-17-5-3-2-4-6-17/h5,7-8,15-16H,2-4,6,9-14H2,1H3,(H,23,26). The van der Waals surface area contributed by atoms with Gasteiger partial charge in [-0.15, -0.1) is 0 Å². The van der Waals surface area contributed by atoms with Crippen LogP contribution < -0.4 is 10.2 Å². The van der Waals surface area contributed by atoms with E-state index in [4.69, 9.17) is 4.98 Å². The van der Waals surface area contributed by atoms with Crippen molar-refractivity contribution in [1.82, 2.24) is 10.3 Å². The summed E-state index contributed by atoms with van der Waals surface area (Å²) >= 11 is 1.71. The van der Waals surface area contributed by atoms with E-state index in [9.17, 15) is 4.79 Å². The molecule has 1 aromatic carbocycles. The Morgan fingerprint density at radius 3 is 2.93 bits per heavy atom. The first kappa shape index (κ1) is 18.5. The highest BCUT2D eigenvalue weighted by Gasteiger charge is 2.19. The highest BCUT2D eigenvalue weighted by molar-refractivity contribution is 7.22. The Morgan fingerprint density at radius 2 is 2.15 bits per heavy atom. The number of hydrogen-bond acceptors (Lipinski definition) is 4. The van der Waals surface area contributed by atoms with Crippen LogP contribution >= 0.6 is 11.3 Å². The lowest BCUT2D eigenvalue weighted by Gasteiger charge is -2.29. The number of piperidine rings is 1. The molecule has 27 heavy (non-hydrogen) atoms. The van der Waals surface area contributed by atoms with Crippen molar-refractivity contribution in [2.24, 2.45) is 5.92 Å². The van der Waals surface area contributed by atoms with Gasteiger partial charge < -0.3 is 10.2 Å². The second-order valence-corrected chi connectivity index (χ2v) is 8.97. The van der Waals surface area contributed by atoms with Crippen LogP contribution in [0.3, 0.4) is 0 Å². The minimum absolute atomic E-state index is 0.0232. The number of hydrogen-bond donors (Lipinski definition) is 1. The number of rotatable bonds is 5. The van der Waals surface area contributed by atoms with Gasteiger partial charge in [0.25, 0.3) is 5.91 Å². The average Bonchev–Trinajstić information content (AvgIpc) is 3.12. The van der Waals surface area contributed by atoms with Gasteiger partial charge in [-0.2, -0.15) is 0 Å². The van der Waals surface area contributed by atoms with Crippen molar-refractivity contribution in [2.45, 2.75) is 51.9 Å². The maximum absolute atomic E-state index is 12.5. The van der Waals surface area contributed by atoms with Crippen molar-refractivity contribution < 1.29 is 4.79 Å². The minimum atomic E-state index is 0.0232. The number of carbonyl (C=O) groups excluding carboxylic acids is 1. The fourth-order valence-corrected chi connectivity index (χ4v) is 5.02. The third kappa shape index (κ3) is 4.52. The first-order chi connectivity index (χ1) is 13.2.